The molecule has 0 N–H and O–H groups in total. The van der Waals surface area contributed by atoms with E-state index in [1.807, 2.05) is 0 Å². The molecule has 3 aromatic rings. The Kier molecular flexibility index (Phi) is 9.47. The van der Waals surface area contributed by atoms with Gasteiger partial charge >= 0.3 is 0 Å². The molecule has 30 heavy (non-hydrogen) atoms. The minimum absolute atomic E-state index is 1.12. The summed E-state index contributed by atoms with van der Waals surface area (Å²) in [5.74, 6) is 0. The molecule has 0 aliphatic heterocycles. The molecule has 0 radical (unpaired) electrons. The minimum atomic E-state index is 1.12. The highest BCUT2D eigenvalue weighted by molar-refractivity contribution is 5.98. The van der Waals surface area contributed by atoms with Crippen molar-refractivity contribution in [3.05, 3.63) is 108 Å². The van der Waals surface area contributed by atoms with E-state index in [2.05, 4.69) is 97.9 Å². The molecule has 0 saturated heterocycles. The zero-order chi connectivity index (χ0) is 20.9. The molecule has 3 aromatic carbocycles. The third kappa shape index (κ3) is 6.73. The lowest BCUT2D eigenvalue weighted by atomic mass is 9.87. The lowest BCUT2D eigenvalue weighted by molar-refractivity contribution is 0.579. The van der Waals surface area contributed by atoms with Gasteiger partial charge < -0.3 is 0 Å². The molecule has 0 unspecified atom stereocenters. The van der Waals surface area contributed by atoms with E-state index in [9.17, 15) is 0 Å². The van der Waals surface area contributed by atoms with Crippen LogP contribution in [0.5, 0.6) is 0 Å². The minimum Gasteiger partial charge on any atom is -0.0654 e. The number of benzene rings is 3. The standard InChI is InChI=1S/C30H36/c1-2-3-4-5-6-7-8-18-25-29(26-19-12-9-13-20-26)30(27-21-14-10-15-22-27)28-23-16-11-17-24-28/h9-17,19-24H,2-8,18,25H2,1H3. The van der Waals surface area contributed by atoms with Crippen molar-refractivity contribution in [3.63, 3.8) is 0 Å². The summed E-state index contributed by atoms with van der Waals surface area (Å²) in [6.07, 6.45) is 11.9. The molecular formula is C30H36. The quantitative estimate of drug-likeness (QED) is 0.211. The van der Waals surface area contributed by atoms with Gasteiger partial charge in [-0.25, -0.2) is 0 Å². The van der Waals surface area contributed by atoms with E-state index >= 15 is 0 Å². The Hall–Kier alpha value is -2.60. The molecule has 0 spiro atoms. The molecule has 0 aliphatic rings. The SMILES string of the molecule is CCCCCCCCCCC(=C(c1ccccc1)c1ccccc1)c1ccccc1. The Bertz CT molecular complexity index is 818. The summed E-state index contributed by atoms with van der Waals surface area (Å²) >= 11 is 0. The maximum atomic E-state index is 2.29. The predicted molar refractivity (Wildman–Crippen MR) is 132 cm³/mol. The van der Waals surface area contributed by atoms with Crippen molar-refractivity contribution in [2.24, 2.45) is 0 Å². The fourth-order valence-electron chi connectivity index (χ4n) is 4.21. The monoisotopic (exact) mass is 396 g/mol. The van der Waals surface area contributed by atoms with E-state index in [-0.39, 0.29) is 0 Å². The molecule has 3 rings (SSSR count). The first-order valence-corrected chi connectivity index (χ1v) is 11.8. The Morgan fingerprint density at radius 1 is 0.467 bits per heavy atom. The summed E-state index contributed by atoms with van der Waals surface area (Å²) in [6.45, 7) is 2.29. The molecule has 0 aromatic heterocycles. The van der Waals surface area contributed by atoms with Gasteiger partial charge in [0, 0.05) is 0 Å². The Labute approximate surface area is 183 Å². The van der Waals surface area contributed by atoms with Crippen LogP contribution in [0.15, 0.2) is 91.0 Å². The number of hydrogen-bond donors (Lipinski definition) is 0. The van der Waals surface area contributed by atoms with Gasteiger partial charge in [-0.2, -0.15) is 0 Å². The first kappa shape index (κ1) is 22.1. The normalized spacial score (nSPS) is 10.7. The van der Waals surface area contributed by atoms with Crippen LogP contribution in [0.4, 0.5) is 0 Å². The van der Waals surface area contributed by atoms with Crippen LogP contribution in [0, 0.1) is 0 Å². The van der Waals surface area contributed by atoms with Crippen molar-refractivity contribution in [1.29, 1.82) is 0 Å². The van der Waals surface area contributed by atoms with E-state index < -0.39 is 0 Å². The summed E-state index contributed by atoms with van der Waals surface area (Å²) in [6, 6.07) is 32.8. The van der Waals surface area contributed by atoms with Crippen LogP contribution in [-0.4, -0.2) is 0 Å². The van der Waals surface area contributed by atoms with Crippen LogP contribution in [0.2, 0.25) is 0 Å². The maximum absolute atomic E-state index is 2.29. The zero-order valence-corrected chi connectivity index (χ0v) is 18.5. The molecule has 0 nitrogen and oxygen atoms in total. The van der Waals surface area contributed by atoms with Gasteiger partial charge in [-0.1, -0.05) is 143 Å². The van der Waals surface area contributed by atoms with Gasteiger partial charge in [-0.05, 0) is 40.7 Å². The van der Waals surface area contributed by atoms with Crippen LogP contribution in [0.25, 0.3) is 11.1 Å². The van der Waals surface area contributed by atoms with E-state index in [4.69, 9.17) is 0 Å². The number of unbranched alkanes of at least 4 members (excludes halogenated alkanes) is 7. The topological polar surface area (TPSA) is 0 Å². The lowest BCUT2D eigenvalue weighted by Crippen LogP contribution is -1.96. The summed E-state index contributed by atoms with van der Waals surface area (Å²) in [7, 11) is 0. The molecule has 0 atom stereocenters. The third-order valence-electron chi connectivity index (χ3n) is 5.83. The van der Waals surface area contributed by atoms with Crippen LogP contribution in [-0.2, 0) is 0 Å². The van der Waals surface area contributed by atoms with Crippen molar-refractivity contribution < 1.29 is 0 Å². The van der Waals surface area contributed by atoms with Gasteiger partial charge in [-0.3, -0.25) is 0 Å². The van der Waals surface area contributed by atoms with Gasteiger partial charge in [0.15, 0.2) is 0 Å². The molecule has 0 heterocycles. The second kappa shape index (κ2) is 12.9. The van der Waals surface area contributed by atoms with Gasteiger partial charge in [0.25, 0.3) is 0 Å². The highest BCUT2D eigenvalue weighted by Crippen LogP contribution is 2.35. The average Bonchev–Trinajstić information content (AvgIpc) is 2.82. The largest absolute Gasteiger partial charge is 0.0654 e. The van der Waals surface area contributed by atoms with E-state index in [1.165, 1.54) is 79.2 Å². The van der Waals surface area contributed by atoms with Gasteiger partial charge in [0.2, 0.25) is 0 Å². The highest BCUT2D eigenvalue weighted by Gasteiger charge is 2.13. The summed E-state index contributed by atoms with van der Waals surface area (Å²) in [5, 5.41) is 0. The molecular weight excluding hydrogens is 360 g/mol. The average molecular weight is 397 g/mol. The first-order valence-electron chi connectivity index (χ1n) is 11.8. The summed E-state index contributed by atoms with van der Waals surface area (Å²) < 4.78 is 0. The Balaban J connectivity index is 1.84. The van der Waals surface area contributed by atoms with Crippen molar-refractivity contribution in [2.45, 2.75) is 64.7 Å². The van der Waals surface area contributed by atoms with Crippen LogP contribution in [0.1, 0.15) is 81.4 Å². The highest BCUT2D eigenvalue weighted by atomic mass is 14.2. The lowest BCUT2D eigenvalue weighted by Gasteiger charge is -2.17. The maximum Gasteiger partial charge on any atom is -0.00734 e. The van der Waals surface area contributed by atoms with E-state index in [0.717, 1.165) is 6.42 Å². The Morgan fingerprint density at radius 2 is 0.867 bits per heavy atom. The second-order valence-corrected chi connectivity index (χ2v) is 8.18. The van der Waals surface area contributed by atoms with Crippen LogP contribution < -0.4 is 0 Å². The van der Waals surface area contributed by atoms with Gasteiger partial charge in [0.1, 0.15) is 0 Å². The molecule has 0 bridgehead atoms. The van der Waals surface area contributed by atoms with Crippen molar-refractivity contribution in [3.8, 4) is 0 Å². The predicted octanol–water partition coefficient (Wildman–Crippen LogP) is 9.18. The zero-order valence-electron chi connectivity index (χ0n) is 18.5. The molecule has 0 heteroatoms. The van der Waals surface area contributed by atoms with Crippen molar-refractivity contribution in [2.75, 3.05) is 0 Å². The number of allylic oxidation sites excluding steroid dienone is 1. The fraction of sp³-hybridized carbons (Fsp3) is 0.333. The Morgan fingerprint density at radius 3 is 1.33 bits per heavy atom. The molecule has 0 saturated carbocycles. The summed E-state index contributed by atoms with van der Waals surface area (Å²) in [5.41, 5.74) is 6.82. The number of hydrogen-bond acceptors (Lipinski definition) is 0. The van der Waals surface area contributed by atoms with E-state index in [0.29, 0.717) is 0 Å². The van der Waals surface area contributed by atoms with Gasteiger partial charge in [-0.15, -0.1) is 0 Å². The first-order chi connectivity index (χ1) is 14.9. The van der Waals surface area contributed by atoms with Crippen molar-refractivity contribution in [1.82, 2.24) is 0 Å². The molecule has 0 amide bonds. The third-order valence-corrected chi connectivity index (χ3v) is 5.83. The second-order valence-electron chi connectivity index (χ2n) is 8.18. The smallest absolute Gasteiger partial charge is 0.00734 e. The van der Waals surface area contributed by atoms with Crippen molar-refractivity contribution >= 4 is 11.1 Å². The van der Waals surface area contributed by atoms with E-state index in [1.54, 1.807) is 0 Å². The molecule has 0 aliphatic carbocycles. The fourth-order valence-corrected chi connectivity index (χ4v) is 4.21. The molecule has 156 valence electrons. The summed E-state index contributed by atoms with van der Waals surface area (Å²) in [4.78, 5) is 0. The van der Waals surface area contributed by atoms with Gasteiger partial charge in [0.05, 0.1) is 0 Å². The van der Waals surface area contributed by atoms with Crippen LogP contribution in [0.3, 0.4) is 0 Å². The number of rotatable bonds is 12. The van der Waals surface area contributed by atoms with Crippen LogP contribution >= 0.6 is 0 Å². The molecule has 0 fully saturated rings.